The van der Waals surface area contributed by atoms with Gasteiger partial charge in [-0.2, -0.15) is 0 Å². The number of amides is 2. The molecule has 1 aliphatic carbocycles. The number of hydrogen-bond acceptors (Lipinski definition) is 3. The van der Waals surface area contributed by atoms with Gasteiger partial charge in [-0.1, -0.05) is 31.9 Å². The minimum Gasteiger partial charge on any atom is -0.497 e. The fourth-order valence-electron chi connectivity index (χ4n) is 4.25. The van der Waals surface area contributed by atoms with Gasteiger partial charge in [0.25, 0.3) is 0 Å². The summed E-state index contributed by atoms with van der Waals surface area (Å²) in [6.07, 6.45) is 5.19. The molecule has 0 radical (unpaired) electrons. The van der Waals surface area contributed by atoms with E-state index in [1.54, 1.807) is 7.11 Å². The number of hydrogen-bond donors (Lipinski definition) is 1. The molecule has 1 N–H and O–H groups in total. The highest BCUT2D eigenvalue weighted by molar-refractivity contribution is 5.84. The third-order valence-corrected chi connectivity index (χ3v) is 5.77. The predicted molar refractivity (Wildman–Crippen MR) is 101 cm³/mol. The average molecular weight is 358 g/mol. The van der Waals surface area contributed by atoms with Crippen LogP contribution in [0.4, 0.5) is 0 Å². The van der Waals surface area contributed by atoms with Crippen LogP contribution in [0, 0.1) is 11.8 Å². The summed E-state index contributed by atoms with van der Waals surface area (Å²) in [6, 6.07) is 7.90. The molecule has 0 bridgehead atoms. The van der Waals surface area contributed by atoms with Crippen molar-refractivity contribution in [2.75, 3.05) is 26.7 Å². The van der Waals surface area contributed by atoms with Crippen LogP contribution in [0.3, 0.4) is 0 Å². The first-order chi connectivity index (χ1) is 12.6. The first-order valence-corrected chi connectivity index (χ1v) is 9.84. The SMILES string of the molecule is CCCNC(=O)C1CN(C(=O)C2CCCC2)CC1c1ccc(OC)cc1. The van der Waals surface area contributed by atoms with E-state index in [2.05, 4.69) is 5.32 Å². The zero-order valence-electron chi connectivity index (χ0n) is 15.9. The van der Waals surface area contributed by atoms with E-state index < -0.39 is 0 Å². The number of likely N-dealkylation sites (tertiary alicyclic amines) is 1. The lowest BCUT2D eigenvalue weighted by molar-refractivity contribution is -0.134. The normalized spacial score (nSPS) is 23.2. The van der Waals surface area contributed by atoms with Crippen molar-refractivity contribution in [1.82, 2.24) is 10.2 Å². The lowest BCUT2D eigenvalue weighted by Crippen LogP contribution is -2.37. The highest BCUT2D eigenvalue weighted by Crippen LogP contribution is 2.36. The molecule has 1 saturated carbocycles. The van der Waals surface area contributed by atoms with Gasteiger partial charge in [-0.25, -0.2) is 0 Å². The molecule has 2 aliphatic rings. The Balaban J connectivity index is 1.77. The smallest absolute Gasteiger partial charge is 0.225 e. The minimum absolute atomic E-state index is 0.0446. The predicted octanol–water partition coefficient (Wildman–Crippen LogP) is 2.95. The summed E-state index contributed by atoms with van der Waals surface area (Å²) >= 11 is 0. The molecule has 1 aromatic carbocycles. The summed E-state index contributed by atoms with van der Waals surface area (Å²) < 4.78 is 5.24. The van der Waals surface area contributed by atoms with E-state index in [9.17, 15) is 9.59 Å². The molecule has 2 unspecified atom stereocenters. The Kier molecular flexibility index (Phi) is 6.17. The molecule has 1 aromatic rings. The number of methoxy groups -OCH3 is 1. The minimum atomic E-state index is -0.180. The summed E-state index contributed by atoms with van der Waals surface area (Å²) in [5.41, 5.74) is 1.10. The zero-order valence-corrected chi connectivity index (χ0v) is 15.9. The quantitative estimate of drug-likeness (QED) is 0.850. The van der Waals surface area contributed by atoms with E-state index in [-0.39, 0.29) is 29.6 Å². The van der Waals surface area contributed by atoms with Gasteiger partial charge in [0.1, 0.15) is 5.75 Å². The van der Waals surface area contributed by atoms with E-state index in [4.69, 9.17) is 4.74 Å². The second-order valence-corrected chi connectivity index (χ2v) is 7.50. The fraction of sp³-hybridized carbons (Fsp3) is 0.619. The maximum absolute atomic E-state index is 12.9. The molecule has 5 nitrogen and oxygen atoms in total. The van der Waals surface area contributed by atoms with Crippen LogP contribution in [0.25, 0.3) is 0 Å². The number of rotatable bonds is 6. The number of carbonyl (C=O) groups is 2. The van der Waals surface area contributed by atoms with Crippen molar-refractivity contribution in [3.63, 3.8) is 0 Å². The summed E-state index contributed by atoms with van der Waals surface area (Å²) in [6.45, 7) is 3.89. The van der Waals surface area contributed by atoms with E-state index >= 15 is 0 Å². The van der Waals surface area contributed by atoms with Gasteiger partial charge in [0.15, 0.2) is 0 Å². The summed E-state index contributed by atoms with van der Waals surface area (Å²) in [5, 5.41) is 3.02. The van der Waals surface area contributed by atoms with Crippen LogP contribution in [-0.4, -0.2) is 43.5 Å². The highest BCUT2D eigenvalue weighted by Gasteiger charge is 2.42. The van der Waals surface area contributed by atoms with Gasteiger partial charge in [-0.15, -0.1) is 0 Å². The van der Waals surface area contributed by atoms with Gasteiger partial charge in [-0.3, -0.25) is 9.59 Å². The van der Waals surface area contributed by atoms with Crippen molar-refractivity contribution < 1.29 is 14.3 Å². The Hall–Kier alpha value is -2.04. The Morgan fingerprint density at radius 3 is 2.46 bits per heavy atom. The number of carbonyl (C=O) groups excluding carboxylic acids is 2. The average Bonchev–Trinajstić information content (AvgIpc) is 3.35. The fourth-order valence-corrected chi connectivity index (χ4v) is 4.25. The molecular formula is C21H30N2O3. The monoisotopic (exact) mass is 358 g/mol. The van der Waals surface area contributed by atoms with Crippen LogP contribution in [0.15, 0.2) is 24.3 Å². The van der Waals surface area contributed by atoms with Crippen LogP contribution in [0.5, 0.6) is 5.75 Å². The summed E-state index contributed by atoms with van der Waals surface area (Å²) in [5.74, 6) is 1.13. The van der Waals surface area contributed by atoms with Crippen molar-refractivity contribution in [3.8, 4) is 5.75 Å². The third kappa shape index (κ3) is 4.02. The number of nitrogens with one attached hydrogen (secondary N) is 1. The number of nitrogens with zero attached hydrogens (tertiary/aromatic N) is 1. The first-order valence-electron chi connectivity index (χ1n) is 9.84. The van der Waals surface area contributed by atoms with Crippen LogP contribution >= 0.6 is 0 Å². The van der Waals surface area contributed by atoms with Gasteiger partial charge in [0.05, 0.1) is 13.0 Å². The van der Waals surface area contributed by atoms with Crippen LogP contribution < -0.4 is 10.1 Å². The van der Waals surface area contributed by atoms with Gasteiger partial charge in [0, 0.05) is 31.5 Å². The van der Waals surface area contributed by atoms with E-state index in [1.165, 1.54) is 0 Å². The molecule has 1 aliphatic heterocycles. The molecule has 2 atom stereocenters. The largest absolute Gasteiger partial charge is 0.497 e. The van der Waals surface area contributed by atoms with E-state index in [0.29, 0.717) is 19.6 Å². The lowest BCUT2D eigenvalue weighted by Gasteiger charge is -2.20. The number of benzene rings is 1. The van der Waals surface area contributed by atoms with Crippen molar-refractivity contribution in [2.45, 2.75) is 44.9 Å². The standard InChI is InChI=1S/C21H30N2O3/c1-3-12-22-20(24)19-14-23(21(25)16-6-4-5-7-16)13-18(19)15-8-10-17(26-2)11-9-15/h8-11,16,18-19H,3-7,12-14H2,1-2H3,(H,22,24). The maximum atomic E-state index is 12.9. The van der Waals surface area contributed by atoms with Gasteiger partial charge in [-0.05, 0) is 37.0 Å². The van der Waals surface area contributed by atoms with Gasteiger partial charge >= 0.3 is 0 Å². The lowest BCUT2D eigenvalue weighted by atomic mass is 9.88. The summed E-state index contributed by atoms with van der Waals surface area (Å²) in [4.78, 5) is 27.5. The Morgan fingerprint density at radius 1 is 1.15 bits per heavy atom. The molecule has 142 valence electrons. The van der Waals surface area contributed by atoms with Crippen molar-refractivity contribution in [1.29, 1.82) is 0 Å². The molecule has 2 fully saturated rings. The molecule has 0 aromatic heterocycles. The Labute approximate surface area is 156 Å². The Morgan fingerprint density at radius 2 is 1.85 bits per heavy atom. The maximum Gasteiger partial charge on any atom is 0.225 e. The second kappa shape index (κ2) is 8.56. The second-order valence-electron chi connectivity index (χ2n) is 7.50. The Bertz CT molecular complexity index is 623. The summed E-state index contributed by atoms with van der Waals surface area (Å²) in [7, 11) is 1.65. The molecule has 1 heterocycles. The number of ether oxygens (including phenoxy) is 1. The third-order valence-electron chi connectivity index (χ3n) is 5.77. The zero-order chi connectivity index (χ0) is 18.5. The first kappa shape index (κ1) is 18.7. The molecule has 26 heavy (non-hydrogen) atoms. The van der Waals surface area contributed by atoms with Crippen LogP contribution in [0.2, 0.25) is 0 Å². The van der Waals surface area contributed by atoms with Gasteiger partial charge < -0.3 is 15.0 Å². The molecule has 5 heteroatoms. The molecule has 3 rings (SSSR count). The van der Waals surface area contributed by atoms with Crippen LogP contribution in [-0.2, 0) is 9.59 Å². The van der Waals surface area contributed by atoms with Crippen LogP contribution in [0.1, 0.15) is 50.5 Å². The molecule has 1 saturated heterocycles. The van der Waals surface area contributed by atoms with E-state index in [1.807, 2.05) is 36.1 Å². The topological polar surface area (TPSA) is 58.6 Å². The van der Waals surface area contributed by atoms with Gasteiger partial charge in [0.2, 0.25) is 11.8 Å². The van der Waals surface area contributed by atoms with Crippen molar-refractivity contribution >= 4 is 11.8 Å². The molecular weight excluding hydrogens is 328 g/mol. The molecule has 0 spiro atoms. The van der Waals surface area contributed by atoms with Crippen molar-refractivity contribution in [2.24, 2.45) is 11.8 Å². The van der Waals surface area contributed by atoms with Crippen molar-refractivity contribution in [3.05, 3.63) is 29.8 Å². The highest BCUT2D eigenvalue weighted by atomic mass is 16.5. The van der Waals surface area contributed by atoms with E-state index in [0.717, 1.165) is 43.4 Å². The molecule has 2 amide bonds.